The molecule has 6 heteroatoms. The van der Waals surface area contributed by atoms with Crippen LogP contribution in [-0.2, 0) is 6.54 Å². The highest BCUT2D eigenvalue weighted by atomic mass is 19.1. The van der Waals surface area contributed by atoms with Crippen LogP contribution in [0.1, 0.15) is 21.9 Å². The van der Waals surface area contributed by atoms with E-state index in [4.69, 9.17) is 4.42 Å². The number of hydrogen-bond donors (Lipinski definition) is 1. The lowest BCUT2D eigenvalue weighted by Crippen LogP contribution is -2.23. The minimum absolute atomic E-state index is 0.291. The van der Waals surface area contributed by atoms with E-state index in [0.717, 1.165) is 5.69 Å². The van der Waals surface area contributed by atoms with Gasteiger partial charge in [-0.1, -0.05) is 0 Å². The summed E-state index contributed by atoms with van der Waals surface area (Å²) in [6.45, 7) is 2.13. The molecule has 2 aromatic heterocycles. The zero-order chi connectivity index (χ0) is 15.5. The van der Waals surface area contributed by atoms with E-state index < -0.39 is 0 Å². The van der Waals surface area contributed by atoms with Crippen LogP contribution < -0.4 is 5.32 Å². The molecule has 0 spiro atoms. The zero-order valence-corrected chi connectivity index (χ0v) is 11.9. The van der Waals surface area contributed by atoms with Gasteiger partial charge in [0.25, 0.3) is 5.91 Å². The molecule has 1 amide bonds. The van der Waals surface area contributed by atoms with Crippen molar-refractivity contribution >= 4 is 5.91 Å². The van der Waals surface area contributed by atoms with Gasteiger partial charge in [0.05, 0.1) is 18.5 Å². The van der Waals surface area contributed by atoms with Gasteiger partial charge < -0.3 is 9.73 Å². The van der Waals surface area contributed by atoms with Crippen LogP contribution in [-0.4, -0.2) is 15.7 Å². The molecule has 2 heterocycles. The summed E-state index contributed by atoms with van der Waals surface area (Å²) in [6, 6.07) is 11.2. The maximum Gasteiger partial charge on any atom is 0.272 e. The minimum Gasteiger partial charge on any atom is -0.467 e. The Morgan fingerprint density at radius 1 is 1.32 bits per heavy atom. The van der Waals surface area contributed by atoms with E-state index in [0.29, 0.717) is 23.7 Å². The monoisotopic (exact) mass is 299 g/mol. The topological polar surface area (TPSA) is 60.1 Å². The second kappa shape index (κ2) is 5.85. The SMILES string of the molecule is Cc1cc(C(=O)NCc2ccco2)nn1-c1ccc(F)cc1. The molecule has 1 N–H and O–H groups in total. The number of aromatic nitrogens is 2. The van der Waals surface area contributed by atoms with Crippen molar-refractivity contribution in [3.63, 3.8) is 0 Å². The molecule has 0 aliphatic heterocycles. The summed E-state index contributed by atoms with van der Waals surface area (Å²) < 4.78 is 19.7. The van der Waals surface area contributed by atoms with Gasteiger partial charge in [0.1, 0.15) is 11.6 Å². The van der Waals surface area contributed by atoms with Crippen molar-refractivity contribution in [3.8, 4) is 5.69 Å². The standard InChI is InChI=1S/C16H14FN3O2/c1-11-9-15(16(21)18-10-14-3-2-8-22-14)19-20(11)13-6-4-12(17)5-7-13/h2-9H,10H2,1H3,(H,18,21). The highest BCUT2D eigenvalue weighted by Crippen LogP contribution is 2.13. The molecule has 0 unspecified atom stereocenters. The molecule has 5 nitrogen and oxygen atoms in total. The van der Waals surface area contributed by atoms with Crippen molar-refractivity contribution in [2.45, 2.75) is 13.5 Å². The summed E-state index contributed by atoms with van der Waals surface area (Å²) >= 11 is 0. The molecular formula is C16H14FN3O2. The first kappa shape index (κ1) is 14.1. The quantitative estimate of drug-likeness (QED) is 0.806. The number of benzene rings is 1. The van der Waals surface area contributed by atoms with E-state index in [1.165, 1.54) is 12.1 Å². The third kappa shape index (κ3) is 2.90. The molecular weight excluding hydrogens is 285 g/mol. The molecule has 0 aliphatic rings. The molecule has 112 valence electrons. The van der Waals surface area contributed by atoms with E-state index in [9.17, 15) is 9.18 Å². The molecule has 0 bridgehead atoms. The highest BCUT2D eigenvalue weighted by molar-refractivity contribution is 5.92. The van der Waals surface area contributed by atoms with E-state index in [1.807, 2.05) is 6.92 Å². The second-order valence-electron chi connectivity index (χ2n) is 4.82. The third-order valence-electron chi connectivity index (χ3n) is 3.19. The van der Waals surface area contributed by atoms with Crippen molar-refractivity contribution < 1.29 is 13.6 Å². The van der Waals surface area contributed by atoms with Crippen LogP contribution in [0.3, 0.4) is 0 Å². The Morgan fingerprint density at radius 2 is 2.09 bits per heavy atom. The summed E-state index contributed by atoms with van der Waals surface area (Å²) in [5, 5.41) is 7.00. The molecule has 0 fully saturated rings. The number of carbonyl (C=O) groups is 1. The summed E-state index contributed by atoms with van der Waals surface area (Å²) in [5.74, 6) is 0.0633. The number of nitrogens with one attached hydrogen (secondary N) is 1. The fraction of sp³-hybridized carbons (Fsp3) is 0.125. The van der Waals surface area contributed by atoms with Crippen molar-refractivity contribution in [1.29, 1.82) is 0 Å². The van der Waals surface area contributed by atoms with E-state index in [1.54, 1.807) is 41.3 Å². The molecule has 1 aromatic carbocycles. The van der Waals surface area contributed by atoms with Crippen LogP contribution >= 0.6 is 0 Å². The Kier molecular flexibility index (Phi) is 3.74. The molecule has 0 radical (unpaired) electrons. The van der Waals surface area contributed by atoms with E-state index in [2.05, 4.69) is 10.4 Å². The predicted molar refractivity (Wildman–Crippen MR) is 78.1 cm³/mol. The fourth-order valence-corrected chi connectivity index (χ4v) is 2.10. The number of nitrogens with zero attached hydrogens (tertiary/aromatic N) is 2. The molecule has 22 heavy (non-hydrogen) atoms. The van der Waals surface area contributed by atoms with Crippen molar-refractivity contribution in [2.75, 3.05) is 0 Å². The Morgan fingerprint density at radius 3 is 2.77 bits per heavy atom. The fourth-order valence-electron chi connectivity index (χ4n) is 2.10. The van der Waals surface area contributed by atoms with Crippen LogP contribution in [0.25, 0.3) is 5.69 Å². The molecule has 0 atom stereocenters. The smallest absolute Gasteiger partial charge is 0.272 e. The van der Waals surface area contributed by atoms with Crippen molar-refractivity contribution in [1.82, 2.24) is 15.1 Å². The third-order valence-corrected chi connectivity index (χ3v) is 3.19. The molecule has 3 rings (SSSR count). The maximum absolute atomic E-state index is 13.0. The first-order valence-electron chi connectivity index (χ1n) is 6.76. The lowest BCUT2D eigenvalue weighted by Gasteiger charge is -2.03. The van der Waals surface area contributed by atoms with Crippen LogP contribution in [0.4, 0.5) is 4.39 Å². The summed E-state index contributed by atoms with van der Waals surface area (Å²) in [5.41, 5.74) is 1.78. The predicted octanol–water partition coefficient (Wildman–Crippen LogP) is 2.84. The molecule has 0 saturated carbocycles. The number of rotatable bonds is 4. The Bertz CT molecular complexity index is 776. The second-order valence-corrected chi connectivity index (χ2v) is 4.82. The average Bonchev–Trinajstić information content (AvgIpc) is 3.15. The van der Waals surface area contributed by atoms with Crippen LogP contribution in [0.5, 0.6) is 0 Å². The van der Waals surface area contributed by atoms with Crippen molar-refractivity contribution in [2.24, 2.45) is 0 Å². The van der Waals surface area contributed by atoms with Gasteiger partial charge in [0, 0.05) is 5.69 Å². The lowest BCUT2D eigenvalue weighted by atomic mass is 10.3. The Labute approximate surface area is 126 Å². The lowest BCUT2D eigenvalue weighted by molar-refractivity contribution is 0.0942. The number of halogens is 1. The number of carbonyl (C=O) groups excluding carboxylic acids is 1. The van der Waals surface area contributed by atoms with Gasteiger partial charge in [0.15, 0.2) is 5.69 Å². The summed E-state index contributed by atoms with van der Waals surface area (Å²) in [4.78, 5) is 12.1. The van der Waals surface area contributed by atoms with Crippen LogP contribution in [0, 0.1) is 12.7 Å². The van der Waals surface area contributed by atoms with Gasteiger partial charge in [0.2, 0.25) is 0 Å². The normalized spacial score (nSPS) is 10.6. The average molecular weight is 299 g/mol. The molecule has 3 aromatic rings. The number of amides is 1. The maximum atomic E-state index is 13.0. The Hall–Kier alpha value is -2.89. The molecule has 0 saturated heterocycles. The van der Waals surface area contributed by atoms with E-state index >= 15 is 0 Å². The zero-order valence-electron chi connectivity index (χ0n) is 11.9. The number of furan rings is 1. The number of aryl methyl sites for hydroxylation is 1. The largest absolute Gasteiger partial charge is 0.467 e. The summed E-state index contributed by atoms with van der Waals surface area (Å²) in [7, 11) is 0. The highest BCUT2D eigenvalue weighted by Gasteiger charge is 2.13. The minimum atomic E-state index is -0.315. The summed E-state index contributed by atoms with van der Waals surface area (Å²) in [6.07, 6.45) is 1.55. The Balaban J connectivity index is 1.76. The van der Waals surface area contributed by atoms with Gasteiger partial charge >= 0.3 is 0 Å². The van der Waals surface area contributed by atoms with Crippen molar-refractivity contribution in [3.05, 3.63) is 71.7 Å². The first-order chi connectivity index (χ1) is 10.6. The van der Waals surface area contributed by atoms with E-state index in [-0.39, 0.29) is 11.7 Å². The van der Waals surface area contributed by atoms with Crippen LogP contribution in [0.15, 0.2) is 53.1 Å². The van der Waals surface area contributed by atoms with Gasteiger partial charge in [-0.05, 0) is 49.4 Å². The number of hydrogen-bond acceptors (Lipinski definition) is 3. The van der Waals surface area contributed by atoms with Gasteiger partial charge in [-0.2, -0.15) is 5.10 Å². The molecule has 0 aliphatic carbocycles. The van der Waals surface area contributed by atoms with Gasteiger partial charge in [-0.25, -0.2) is 9.07 Å². The van der Waals surface area contributed by atoms with Gasteiger partial charge in [-0.15, -0.1) is 0 Å². The van der Waals surface area contributed by atoms with Crippen LogP contribution in [0.2, 0.25) is 0 Å². The van der Waals surface area contributed by atoms with Gasteiger partial charge in [-0.3, -0.25) is 4.79 Å². The first-order valence-corrected chi connectivity index (χ1v) is 6.76.